The Morgan fingerprint density at radius 3 is 2.88 bits per heavy atom. The number of hydrogen-bond donors (Lipinski definition) is 1. The summed E-state index contributed by atoms with van der Waals surface area (Å²) in [6.07, 6.45) is 4.86. The zero-order valence-electron chi connectivity index (χ0n) is 10.1. The first-order valence-corrected chi connectivity index (χ1v) is 7.26. The van der Waals surface area contributed by atoms with Gasteiger partial charge in [0.25, 0.3) is 0 Å². The van der Waals surface area contributed by atoms with Gasteiger partial charge < -0.3 is 10.6 Å². The van der Waals surface area contributed by atoms with Crippen molar-refractivity contribution < 1.29 is 4.79 Å². The standard InChI is InChI=1S/C13H20N2OS/c14-7-2-1-3-13(16)15(12-4-5-12)9-11-6-8-17-10-11/h6,8,10,12H,1-5,7,9,14H2. The van der Waals surface area contributed by atoms with Crippen LogP contribution in [0.5, 0.6) is 0 Å². The summed E-state index contributed by atoms with van der Waals surface area (Å²) in [6, 6.07) is 2.60. The van der Waals surface area contributed by atoms with Crippen molar-refractivity contribution in [1.29, 1.82) is 0 Å². The molecule has 0 bridgehead atoms. The van der Waals surface area contributed by atoms with E-state index in [1.807, 2.05) is 0 Å². The van der Waals surface area contributed by atoms with Crippen LogP contribution in [0.25, 0.3) is 0 Å². The number of nitrogens with two attached hydrogens (primary N) is 1. The minimum Gasteiger partial charge on any atom is -0.335 e. The van der Waals surface area contributed by atoms with Crippen molar-refractivity contribution in [1.82, 2.24) is 4.90 Å². The summed E-state index contributed by atoms with van der Waals surface area (Å²) in [4.78, 5) is 14.2. The van der Waals surface area contributed by atoms with Crippen molar-refractivity contribution >= 4 is 17.2 Å². The average Bonchev–Trinajstić information content (AvgIpc) is 3.03. The second-order valence-corrected chi connectivity index (χ2v) is 5.41. The lowest BCUT2D eigenvalue weighted by atomic mass is 10.2. The first-order valence-electron chi connectivity index (χ1n) is 6.32. The third-order valence-corrected chi connectivity index (χ3v) is 3.82. The lowest BCUT2D eigenvalue weighted by Crippen LogP contribution is -2.32. The van der Waals surface area contributed by atoms with Gasteiger partial charge in [0, 0.05) is 19.0 Å². The molecule has 0 atom stereocenters. The highest BCUT2D eigenvalue weighted by molar-refractivity contribution is 7.07. The van der Waals surface area contributed by atoms with Gasteiger partial charge in [-0.3, -0.25) is 4.79 Å². The molecule has 0 radical (unpaired) electrons. The quantitative estimate of drug-likeness (QED) is 0.757. The van der Waals surface area contributed by atoms with Crippen molar-refractivity contribution in [2.24, 2.45) is 5.73 Å². The van der Waals surface area contributed by atoms with Crippen molar-refractivity contribution in [2.75, 3.05) is 6.54 Å². The largest absolute Gasteiger partial charge is 0.335 e. The van der Waals surface area contributed by atoms with E-state index in [9.17, 15) is 4.79 Å². The maximum absolute atomic E-state index is 12.1. The summed E-state index contributed by atoms with van der Waals surface area (Å²) < 4.78 is 0. The summed E-state index contributed by atoms with van der Waals surface area (Å²) in [6.45, 7) is 1.47. The molecule has 1 amide bonds. The molecule has 1 aromatic heterocycles. The van der Waals surface area contributed by atoms with Crippen LogP contribution >= 0.6 is 11.3 Å². The van der Waals surface area contributed by atoms with Gasteiger partial charge in [-0.05, 0) is 54.6 Å². The number of unbranched alkanes of at least 4 members (excludes halogenated alkanes) is 1. The predicted molar refractivity (Wildman–Crippen MR) is 70.8 cm³/mol. The lowest BCUT2D eigenvalue weighted by Gasteiger charge is -2.22. The Balaban J connectivity index is 1.86. The third-order valence-electron chi connectivity index (χ3n) is 3.09. The maximum atomic E-state index is 12.1. The second kappa shape index (κ2) is 6.17. The molecule has 1 saturated carbocycles. The van der Waals surface area contributed by atoms with Crippen LogP contribution in [-0.4, -0.2) is 23.4 Å². The molecule has 2 rings (SSSR count). The molecular formula is C13H20N2OS. The van der Waals surface area contributed by atoms with Gasteiger partial charge >= 0.3 is 0 Å². The minimum absolute atomic E-state index is 0.298. The van der Waals surface area contributed by atoms with E-state index < -0.39 is 0 Å². The molecule has 0 aliphatic heterocycles. The fourth-order valence-electron chi connectivity index (χ4n) is 1.95. The number of carbonyl (C=O) groups is 1. The molecule has 4 heteroatoms. The molecule has 3 nitrogen and oxygen atoms in total. The molecule has 94 valence electrons. The van der Waals surface area contributed by atoms with Crippen LogP contribution < -0.4 is 5.73 Å². The Kier molecular flexibility index (Phi) is 4.57. The van der Waals surface area contributed by atoms with Crippen LogP contribution in [0, 0.1) is 0 Å². The molecule has 2 N–H and O–H groups in total. The molecule has 0 spiro atoms. The number of amides is 1. The highest BCUT2D eigenvalue weighted by Gasteiger charge is 2.32. The van der Waals surface area contributed by atoms with E-state index in [0.29, 0.717) is 24.9 Å². The molecule has 1 aliphatic rings. The number of hydrogen-bond acceptors (Lipinski definition) is 3. The van der Waals surface area contributed by atoms with Gasteiger partial charge in [0.05, 0.1) is 0 Å². The highest BCUT2D eigenvalue weighted by Crippen LogP contribution is 2.29. The molecule has 1 fully saturated rings. The van der Waals surface area contributed by atoms with E-state index in [0.717, 1.165) is 19.4 Å². The smallest absolute Gasteiger partial charge is 0.223 e. The Labute approximate surface area is 107 Å². The Hall–Kier alpha value is -0.870. The number of nitrogens with zero attached hydrogens (tertiary/aromatic N) is 1. The van der Waals surface area contributed by atoms with Crippen molar-refractivity contribution in [3.63, 3.8) is 0 Å². The van der Waals surface area contributed by atoms with Gasteiger partial charge in [0.2, 0.25) is 5.91 Å². The molecular weight excluding hydrogens is 232 g/mol. The fraction of sp³-hybridized carbons (Fsp3) is 0.615. The summed E-state index contributed by atoms with van der Waals surface area (Å²) in [7, 11) is 0. The zero-order chi connectivity index (χ0) is 12.1. The predicted octanol–water partition coefficient (Wildman–Crippen LogP) is 2.37. The van der Waals surface area contributed by atoms with E-state index in [4.69, 9.17) is 5.73 Å². The Morgan fingerprint density at radius 1 is 1.47 bits per heavy atom. The van der Waals surface area contributed by atoms with Gasteiger partial charge in [-0.25, -0.2) is 0 Å². The van der Waals surface area contributed by atoms with Gasteiger partial charge in [-0.1, -0.05) is 0 Å². The number of rotatable bonds is 7. The van der Waals surface area contributed by atoms with Crippen LogP contribution in [0.15, 0.2) is 16.8 Å². The third kappa shape index (κ3) is 3.82. The number of carbonyl (C=O) groups excluding carboxylic acids is 1. The molecule has 0 saturated heterocycles. The number of thiophene rings is 1. The molecule has 1 aliphatic carbocycles. The molecule has 1 heterocycles. The maximum Gasteiger partial charge on any atom is 0.223 e. The topological polar surface area (TPSA) is 46.3 Å². The Morgan fingerprint density at radius 2 is 2.29 bits per heavy atom. The molecule has 1 aromatic rings. The molecule has 0 aromatic carbocycles. The monoisotopic (exact) mass is 252 g/mol. The normalized spacial score (nSPS) is 14.9. The van der Waals surface area contributed by atoms with E-state index in [2.05, 4.69) is 21.7 Å². The summed E-state index contributed by atoms with van der Waals surface area (Å²) >= 11 is 1.69. The van der Waals surface area contributed by atoms with E-state index in [-0.39, 0.29) is 0 Å². The van der Waals surface area contributed by atoms with Crippen LogP contribution in [0.2, 0.25) is 0 Å². The first-order chi connectivity index (χ1) is 8.31. The highest BCUT2D eigenvalue weighted by atomic mass is 32.1. The van der Waals surface area contributed by atoms with E-state index in [1.54, 1.807) is 11.3 Å². The first kappa shape index (κ1) is 12.6. The van der Waals surface area contributed by atoms with Gasteiger partial charge in [0.15, 0.2) is 0 Å². The van der Waals surface area contributed by atoms with Crippen LogP contribution in [0.1, 0.15) is 37.7 Å². The van der Waals surface area contributed by atoms with Crippen molar-refractivity contribution in [2.45, 2.75) is 44.7 Å². The summed E-state index contributed by atoms with van der Waals surface area (Å²) in [5.74, 6) is 0.298. The van der Waals surface area contributed by atoms with E-state index >= 15 is 0 Å². The van der Waals surface area contributed by atoms with Crippen LogP contribution in [0.4, 0.5) is 0 Å². The van der Waals surface area contributed by atoms with Crippen LogP contribution in [-0.2, 0) is 11.3 Å². The summed E-state index contributed by atoms with van der Waals surface area (Å²) in [5, 5.41) is 4.20. The zero-order valence-corrected chi connectivity index (χ0v) is 10.9. The van der Waals surface area contributed by atoms with Gasteiger partial charge in [-0.15, -0.1) is 0 Å². The summed E-state index contributed by atoms with van der Waals surface area (Å²) in [5.41, 5.74) is 6.71. The van der Waals surface area contributed by atoms with Crippen LogP contribution in [0.3, 0.4) is 0 Å². The van der Waals surface area contributed by atoms with Gasteiger partial charge in [0.1, 0.15) is 0 Å². The van der Waals surface area contributed by atoms with Gasteiger partial charge in [-0.2, -0.15) is 11.3 Å². The van der Waals surface area contributed by atoms with Crippen molar-refractivity contribution in [3.8, 4) is 0 Å². The molecule has 0 unspecified atom stereocenters. The minimum atomic E-state index is 0.298. The lowest BCUT2D eigenvalue weighted by molar-refractivity contribution is -0.132. The fourth-order valence-corrected chi connectivity index (χ4v) is 2.61. The van der Waals surface area contributed by atoms with Crippen molar-refractivity contribution in [3.05, 3.63) is 22.4 Å². The SMILES string of the molecule is NCCCCC(=O)N(Cc1ccsc1)C1CC1. The average molecular weight is 252 g/mol. The second-order valence-electron chi connectivity index (χ2n) is 4.63. The van der Waals surface area contributed by atoms with E-state index in [1.165, 1.54) is 18.4 Å². The molecule has 17 heavy (non-hydrogen) atoms. The Bertz CT molecular complexity index is 346.